The second kappa shape index (κ2) is 5.69. The zero-order valence-corrected chi connectivity index (χ0v) is 11.2. The summed E-state index contributed by atoms with van der Waals surface area (Å²) in [7, 11) is 0. The number of nitrogens with two attached hydrogens (primary N) is 1. The first kappa shape index (κ1) is 13.3. The van der Waals surface area contributed by atoms with Gasteiger partial charge < -0.3 is 10.6 Å². The second-order valence-corrected chi connectivity index (χ2v) is 4.49. The molecule has 0 radical (unpaired) electrons. The monoisotopic (exact) mass is 259 g/mol. The maximum absolute atomic E-state index is 13.1. The van der Waals surface area contributed by atoms with E-state index in [4.69, 9.17) is 5.73 Å². The molecule has 0 spiro atoms. The van der Waals surface area contributed by atoms with E-state index < -0.39 is 0 Å². The topological polar surface area (TPSA) is 42.2 Å². The number of aromatic nitrogens is 1. The molecule has 3 nitrogen and oxygen atoms in total. The van der Waals surface area contributed by atoms with Gasteiger partial charge in [0.1, 0.15) is 5.82 Å². The Hall–Kier alpha value is -2.10. The van der Waals surface area contributed by atoms with Gasteiger partial charge in [-0.1, -0.05) is 6.07 Å². The highest BCUT2D eigenvalue weighted by molar-refractivity contribution is 5.67. The Labute approximate surface area is 112 Å². The number of hydrogen-bond donors (Lipinski definition) is 1. The fourth-order valence-corrected chi connectivity index (χ4v) is 2.06. The van der Waals surface area contributed by atoms with E-state index in [0.717, 1.165) is 23.6 Å². The zero-order valence-electron chi connectivity index (χ0n) is 11.2. The van der Waals surface area contributed by atoms with E-state index in [2.05, 4.69) is 9.88 Å². The number of benzene rings is 1. The lowest BCUT2D eigenvalue weighted by molar-refractivity contribution is 0.628. The quantitative estimate of drug-likeness (QED) is 0.858. The van der Waals surface area contributed by atoms with Crippen LogP contribution in [0.1, 0.15) is 18.3 Å². The molecule has 0 aliphatic carbocycles. The van der Waals surface area contributed by atoms with E-state index in [1.54, 1.807) is 6.07 Å². The number of nitrogen functional groups attached to an aromatic ring is 1. The van der Waals surface area contributed by atoms with Crippen LogP contribution in [0.3, 0.4) is 0 Å². The van der Waals surface area contributed by atoms with Crippen molar-refractivity contribution in [3.63, 3.8) is 0 Å². The highest BCUT2D eigenvalue weighted by atomic mass is 19.1. The van der Waals surface area contributed by atoms with Crippen molar-refractivity contribution >= 4 is 11.4 Å². The van der Waals surface area contributed by atoms with Gasteiger partial charge in [-0.2, -0.15) is 0 Å². The molecule has 1 aromatic heterocycles. The molecule has 1 heterocycles. The lowest BCUT2D eigenvalue weighted by Gasteiger charge is -2.24. The number of halogens is 1. The Morgan fingerprint density at radius 1 is 1.26 bits per heavy atom. The normalized spacial score (nSPS) is 10.5. The number of rotatable bonds is 4. The van der Waals surface area contributed by atoms with Gasteiger partial charge in [0.05, 0.1) is 23.6 Å². The first-order chi connectivity index (χ1) is 9.10. The molecule has 4 heteroatoms. The van der Waals surface area contributed by atoms with E-state index in [0.29, 0.717) is 12.2 Å². The molecular formula is C15H18FN3. The van der Waals surface area contributed by atoms with Crippen molar-refractivity contribution in [2.75, 3.05) is 17.2 Å². The van der Waals surface area contributed by atoms with Gasteiger partial charge in [-0.25, -0.2) is 4.39 Å². The van der Waals surface area contributed by atoms with Gasteiger partial charge >= 0.3 is 0 Å². The summed E-state index contributed by atoms with van der Waals surface area (Å²) < 4.78 is 13.1. The standard InChI is InChI=1S/C15H18FN3/c1-3-19(10-13-6-4-5-11(2)18-13)15-8-7-12(16)9-14(15)17/h4-9H,3,10,17H2,1-2H3. The van der Waals surface area contributed by atoms with E-state index in [1.807, 2.05) is 32.0 Å². The van der Waals surface area contributed by atoms with Gasteiger partial charge in [-0.15, -0.1) is 0 Å². The third kappa shape index (κ3) is 3.22. The summed E-state index contributed by atoms with van der Waals surface area (Å²) in [5, 5.41) is 0. The van der Waals surface area contributed by atoms with Crippen LogP contribution < -0.4 is 10.6 Å². The highest BCUT2D eigenvalue weighted by Crippen LogP contribution is 2.25. The van der Waals surface area contributed by atoms with Crippen LogP contribution in [0.4, 0.5) is 15.8 Å². The third-order valence-electron chi connectivity index (χ3n) is 3.01. The van der Waals surface area contributed by atoms with Crippen molar-refractivity contribution in [3.05, 3.63) is 53.6 Å². The minimum atomic E-state index is -0.314. The van der Waals surface area contributed by atoms with Gasteiger partial charge in [0.15, 0.2) is 0 Å². The smallest absolute Gasteiger partial charge is 0.125 e. The Morgan fingerprint density at radius 2 is 2.05 bits per heavy atom. The third-order valence-corrected chi connectivity index (χ3v) is 3.01. The summed E-state index contributed by atoms with van der Waals surface area (Å²) in [4.78, 5) is 6.56. The summed E-state index contributed by atoms with van der Waals surface area (Å²) in [6, 6.07) is 10.4. The lowest BCUT2D eigenvalue weighted by Crippen LogP contribution is -2.23. The van der Waals surface area contributed by atoms with Gasteiger partial charge in [0.25, 0.3) is 0 Å². The largest absolute Gasteiger partial charge is 0.397 e. The Balaban J connectivity index is 2.25. The Kier molecular flexibility index (Phi) is 4.00. The first-order valence-corrected chi connectivity index (χ1v) is 6.32. The van der Waals surface area contributed by atoms with E-state index in [1.165, 1.54) is 12.1 Å². The molecule has 0 fully saturated rings. The van der Waals surface area contributed by atoms with E-state index in [-0.39, 0.29) is 5.82 Å². The molecule has 2 rings (SSSR count). The second-order valence-electron chi connectivity index (χ2n) is 4.49. The molecular weight excluding hydrogens is 241 g/mol. The molecule has 0 saturated heterocycles. The van der Waals surface area contributed by atoms with Crippen molar-refractivity contribution in [3.8, 4) is 0 Å². The molecule has 19 heavy (non-hydrogen) atoms. The maximum Gasteiger partial charge on any atom is 0.125 e. The van der Waals surface area contributed by atoms with Crippen molar-refractivity contribution in [1.82, 2.24) is 4.98 Å². The SMILES string of the molecule is CCN(Cc1cccc(C)n1)c1ccc(F)cc1N. The van der Waals surface area contributed by atoms with Gasteiger partial charge in [0.2, 0.25) is 0 Å². The molecule has 0 bridgehead atoms. The predicted octanol–water partition coefficient (Wildman–Crippen LogP) is 3.14. The summed E-state index contributed by atoms with van der Waals surface area (Å²) in [5.41, 5.74) is 9.14. The fourth-order valence-electron chi connectivity index (χ4n) is 2.06. The number of aryl methyl sites for hydroxylation is 1. The van der Waals surface area contributed by atoms with E-state index >= 15 is 0 Å². The predicted molar refractivity (Wildman–Crippen MR) is 76.5 cm³/mol. The minimum absolute atomic E-state index is 0.314. The average Bonchev–Trinajstić information content (AvgIpc) is 2.37. The number of pyridine rings is 1. The maximum atomic E-state index is 13.1. The summed E-state index contributed by atoms with van der Waals surface area (Å²) in [6.45, 7) is 5.45. The Morgan fingerprint density at radius 3 is 2.68 bits per heavy atom. The first-order valence-electron chi connectivity index (χ1n) is 6.32. The molecule has 0 unspecified atom stereocenters. The molecule has 100 valence electrons. The van der Waals surface area contributed by atoms with Crippen molar-refractivity contribution in [2.24, 2.45) is 0 Å². The molecule has 1 aromatic carbocycles. The van der Waals surface area contributed by atoms with Crippen molar-refractivity contribution < 1.29 is 4.39 Å². The molecule has 0 saturated carbocycles. The molecule has 2 aromatic rings. The van der Waals surface area contributed by atoms with Gasteiger partial charge in [-0.3, -0.25) is 4.98 Å². The van der Waals surface area contributed by atoms with Crippen LogP contribution in [0, 0.1) is 12.7 Å². The van der Waals surface area contributed by atoms with Crippen LogP contribution in [0.5, 0.6) is 0 Å². The fraction of sp³-hybridized carbons (Fsp3) is 0.267. The molecule has 0 amide bonds. The molecule has 0 atom stereocenters. The van der Waals surface area contributed by atoms with Crippen LogP contribution in [-0.2, 0) is 6.54 Å². The number of nitrogens with zero attached hydrogens (tertiary/aromatic N) is 2. The van der Waals surface area contributed by atoms with E-state index in [9.17, 15) is 4.39 Å². The number of anilines is 2. The van der Waals surface area contributed by atoms with Crippen molar-refractivity contribution in [1.29, 1.82) is 0 Å². The highest BCUT2D eigenvalue weighted by Gasteiger charge is 2.10. The van der Waals surface area contributed by atoms with Crippen LogP contribution in [0.2, 0.25) is 0 Å². The zero-order chi connectivity index (χ0) is 13.8. The van der Waals surface area contributed by atoms with Crippen LogP contribution in [0.15, 0.2) is 36.4 Å². The molecule has 0 aliphatic rings. The van der Waals surface area contributed by atoms with Crippen molar-refractivity contribution in [2.45, 2.75) is 20.4 Å². The average molecular weight is 259 g/mol. The van der Waals surface area contributed by atoms with Gasteiger partial charge in [0, 0.05) is 12.2 Å². The van der Waals surface area contributed by atoms with Crippen LogP contribution in [-0.4, -0.2) is 11.5 Å². The Bertz CT molecular complexity index is 569. The molecule has 0 aliphatic heterocycles. The minimum Gasteiger partial charge on any atom is -0.397 e. The summed E-state index contributed by atoms with van der Waals surface area (Å²) in [5.74, 6) is -0.314. The van der Waals surface area contributed by atoms with Crippen LogP contribution >= 0.6 is 0 Å². The summed E-state index contributed by atoms with van der Waals surface area (Å²) >= 11 is 0. The number of hydrogen-bond acceptors (Lipinski definition) is 3. The summed E-state index contributed by atoms with van der Waals surface area (Å²) in [6.07, 6.45) is 0. The lowest BCUT2D eigenvalue weighted by atomic mass is 10.2. The van der Waals surface area contributed by atoms with Crippen LogP contribution in [0.25, 0.3) is 0 Å². The molecule has 2 N–H and O–H groups in total. The van der Waals surface area contributed by atoms with Gasteiger partial charge in [-0.05, 0) is 44.2 Å².